The molecule has 106 valence electrons. The fraction of sp³-hybridized carbons (Fsp3) is 0.0588. The van der Waals surface area contributed by atoms with E-state index in [-0.39, 0.29) is 17.3 Å². The van der Waals surface area contributed by atoms with E-state index in [2.05, 4.69) is 5.92 Å². The first kappa shape index (κ1) is 14.9. The lowest BCUT2D eigenvalue weighted by molar-refractivity contribution is 0.327. The fourth-order valence-corrected chi connectivity index (χ4v) is 2.88. The smallest absolute Gasteiger partial charge is 0.203 e. The van der Waals surface area contributed by atoms with Crippen molar-refractivity contribution in [3.63, 3.8) is 0 Å². The highest BCUT2D eigenvalue weighted by Crippen LogP contribution is 2.21. The Morgan fingerprint density at radius 1 is 1.05 bits per heavy atom. The van der Waals surface area contributed by atoms with E-state index in [1.807, 2.05) is 6.07 Å². The summed E-state index contributed by atoms with van der Waals surface area (Å²) in [7, 11) is -3.59. The highest BCUT2D eigenvalue weighted by molar-refractivity contribution is 7.94. The van der Waals surface area contributed by atoms with Crippen LogP contribution in [-0.2, 0) is 14.6 Å². The molecule has 0 aliphatic carbocycles. The second-order valence-corrected chi connectivity index (χ2v) is 6.00. The van der Waals surface area contributed by atoms with Crippen LogP contribution >= 0.6 is 0 Å². The van der Waals surface area contributed by atoms with Crippen molar-refractivity contribution in [2.45, 2.75) is 4.90 Å². The fourth-order valence-electron chi connectivity index (χ4n) is 1.73. The molecule has 0 aliphatic heterocycles. The van der Waals surface area contributed by atoms with Crippen molar-refractivity contribution < 1.29 is 13.2 Å². The maximum Gasteiger partial charge on any atom is 0.203 e. The first-order valence-corrected chi connectivity index (χ1v) is 7.81. The van der Waals surface area contributed by atoms with Gasteiger partial charge in [-0.1, -0.05) is 54.5 Å². The second-order valence-electron chi connectivity index (χ2n) is 4.20. The zero-order valence-corrected chi connectivity index (χ0v) is 12.1. The Kier molecular flexibility index (Phi) is 4.81. The maximum atomic E-state index is 12.4. The number of rotatable bonds is 5. The topological polar surface area (TPSA) is 43.4 Å². The minimum atomic E-state index is -3.59. The van der Waals surface area contributed by atoms with Crippen molar-refractivity contribution in [3.8, 4) is 12.3 Å². The first-order valence-electron chi connectivity index (χ1n) is 6.27. The molecular formula is C17H14O3S. The average Bonchev–Trinajstić information content (AvgIpc) is 2.53. The Morgan fingerprint density at radius 3 is 2.19 bits per heavy atom. The Bertz CT molecular complexity index is 755. The van der Waals surface area contributed by atoms with Crippen molar-refractivity contribution in [2.24, 2.45) is 0 Å². The van der Waals surface area contributed by atoms with E-state index in [1.54, 1.807) is 42.5 Å². The van der Waals surface area contributed by atoms with Crippen LogP contribution in [0.5, 0.6) is 0 Å². The summed E-state index contributed by atoms with van der Waals surface area (Å²) in [5.41, 5.74) is 0.659. The van der Waals surface area contributed by atoms with Gasteiger partial charge in [-0.25, -0.2) is 8.42 Å². The van der Waals surface area contributed by atoms with Crippen molar-refractivity contribution in [2.75, 3.05) is 6.61 Å². The third-order valence-electron chi connectivity index (χ3n) is 2.70. The Morgan fingerprint density at radius 2 is 1.62 bits per heavy atom. The molecule has 0 aromatic heterocycles. The molecule has 0 radical (unpaired) electrons. The molecule has 0 unspecified atom stereocenters. The van der Waals surface area contributed by atoms with Crippen LogP contribution in [0.2, 0.25) is 0 Å². The third kappa shape index (κ3) is 3.98. The van der Waals surface area contributed by atoms with Gasteiger partial charge in [0.05, 0.1) is 10.3 Å². The van der Waals surface area contributed by atoms with Gasteiger partial charge in [0.15, 0.2) is 0 Å². The van der Waals surface area contributed by atoms with E-state index in [0.29, 0.717) is 5.56 Å². The quantitative estimate of drug-likeness (QED) is 0.629. The highest BCUT2D eigenvalue weighted by atomic mass is 32.2. The molecule has 0 spiro atoms. The lowest BCUT2D eigenvalue weighted by Crippen LogP contribution is -2.01. The second kappa shape index (κ2) is 6.78. The van der Waals surface area contributed by atoms with Gasteiger partial charge >= 0.3 is 0 Å². The zero-order chi connectivity index (χ0) is 15.1. The molecule has 0 heterocycles. The molecule has 0 fully saturated rings. The van der Waals surface area contributed by atoms with Gasteiger partial charge in [0.1, 0.15) is 12.4 Å². The minimum absolute atomic E-state index is 0.00500. The molecule has 0 aliphatic rings. The molecule has 0 bridgehead atoms. The van der Waals surface area contributed by atoms with E-state index in [1.165, 1.54) is 12.1 Å². The molecule has 4 heteroatoms. The molecule has 0 saturated carbocycles. The Labute approximate surface area is 124 Å². The summed E-state index contributed by atoms with van der Waals surface area (Å²) in [6.07, 6.45) is 5.18. The maximum absolute atomic E-state index is 12.4. The highest BCUT2D eigenvalue weighted by Gasteiger charge is 2.14. The molecule has 0 saturated heterocycles. The summed E-state index contributed by atoms with van der Waals surface area (Å²) in [6.45, 7) is 0.00500. The molecule has 0 atom stereocenters. The molecule has 0 N–H and O–H groups in total. The summed E-state index contributed by atoms with van der Waals surface area (Å²) in [6, 6.07) is 17.2. The van der Waals surface area contributed by atoms with Crippen LogP contribution in [0.3, 0.4) is 0 Å². The number of benzene rings is 2. The van der Waals surface area contributed by atoms with E-state index in [9.17, 15) is 8.42 Å². The van der Waals surface area contributed by atoms with Crippen LogP contribution in [0.25, 0.3) is 5.76 Å². The lowest BCUT2D eigenvalue weighted by atomic mass is 10.2. The molecule has 2 rings (SSSR count). The van der Waals surface area contributed by atoms with Crippen LogP contribution in [0.1, 0.15) is 5.56 Å². The average molecular weight is 298 g/mol. The molecular weight excluding hydrogens is 284 g/mol. The van der Waals surface area contributed by atoms with E-state index in [4.69, 9.17) is 11.2 Å². The Balaban J connectivity index is 2.44. The Hall–Kier alpha value is -2.51. The van der Waals surface area contributed by atoms with Gasteiger partial charge in [-0.15, -0.1) is 6.42 Å². The van der Waals surface area contributed by atoms with Gasteiger partial charge in [-0.3, -0.25) is 0 Å². The molecule has 0 amide bonds. The van der Waals surface area contributed by atoms with E-state index >= 15 is 0 Å². The third-order valence-corrected chi connectivity index (χ3v) is 4.16. The zero-order valence-electron chi connectivity index (χ0n) is 11.3. The van der Waals surface area contributed by atoms with E-state index < -0.39 is 9.84 Å². The summed E-state index contributed by atoms with van der Waals surface area (Å²) in [5, 5.41) is 1.11. The van der Waals surface area contributed by atoms with Crippen molar-refractivity contribution >= 4 is 15.6 Å². The van der Waals surface area contributed by atoms with Gasteiger partial charge in [0.25, 0.3) is 0 Å². The largest absolute Gasteiger partial charge is 0.480 e. The lowest BCUT2D eigenvalue weighted by Gasteiger charge is -2.08. The van der Waals surface area contributed by atoms with Crippen LogP contribution in [0, 0.1) is 12.3 Å². The summed E-state index contributed by atoms with van der Waals surface area (Å²) >= 11 is 0. The molecule has 2 aromatic carbocycles. The summed E-state index contributed by atoms with van der Waals surface area (Å²) in [5.74, 6) is 2.57. The molecule has 21 heavy (non-hydrogen) atoms. The number of ether oxygens (including phenoxy) is 1. The standard InChI is InChI=1S/C17H14O3S/c1-2-13-20-17(15-9-5-3-6-10-15)14-21(18,19)16-11-7-4-8-12-16/h1,3-12,14H,13H2/b17-14-. The van der Waals surface area contributed by atoms with Gasteiger partial charge in [0.2, 0.25) is 9.84 Å². The molecule has 3 nitrogen and oxygen atoms in total. The van der Waals surface area contributed by atoms with E-state index in [0.717, 1.165) is 5.41 Å². The van der Waals surface area contributed by atoms with Crippen molar-refractivity contribution in [1.82, 2.24) is 0 Å². The van der Waals surface area contributed by atoms with Crippen LogP contribution < -0.4 is 0 Å². The van der Waals surface area contributed by atoms with Crippen molar-refractivity contribution in [1.29, 1.82) is 0 Å². The first-order chi connectivity index (χ1) is 10.1. The predicted molar refractivity (Wildman–Crippen MR) is 82.8 cm³/mol. The molecule has 2 aromatic rings. The SMILES string of the molecule is C#CCO/C(=C\S(=O)(=O)c1ccccc1)c1ccccc1. The van der Waals surface area contributed by atoms with Gasteiger partial charge in [-0.2, -0.15) is 0 Å². The minimum Gasteiger partial charge on any atom is -0.480 e. The van der Waals surface area contributed by atoms with Gasteiger partial charge < -0.3 is 4.74 Å². The number of terminal acetylenes is 1. The summed E-state index contributed by atoms with van der Waals surface area (Å²) in [4.78, 5) is 0.211. The summed E-state index contributed by atoms with van der Waals surface area (Å²) < 4.78 is 30.1. The number of hydrogen-bond acceptors (Lipinski definition) is 3. The normalized spacial score (nSPS) is 11.7. The monoisotopic (exact) mass is 298 g/mol. The van der Waals surface area contributed by atoms with Crippen molar-refractivity contribution in [3.05, 3.63) is 71.6 Å². The van der Waals surface area contributed by atoms with Crippen LogP contribution in [-0.4, -0.2) is 15.0 Å². The van der Waals surface area contributed by atoms with Gasteiger partial charge in [0, 0.05) is 5.56 Å². The van der Waals surface area contributed by atoms with Crippen LogP contribution in [0.4, 0.5) is 0 Å². The van der Waals surface area contributed by atoms with Crippen LogP contribution in [0.15, 0.2) is 71.0 Å². The predicted octanol–water partition coefficient (Wildman–Crippen LogP) is 3.11. The number of sulfone groups is 1. The number of hydrogen-bond donors (Lipinski definition) is 0. The van der Waals surface area contributed by atoms with Gasteiger partial charge in [-0.05, 0) is 12.1 Å².